The Bertz CT molecular complexity index is 1250. The highest BCUT2D eigenvalue weighted by molar-refractivity contribution is 5.98. The molecule has 1 atom stereocenters. The third-order valence-corrected chi connectivity index (χ3v) is 5.99. The fourth-order valence-electron chi connectivity index (χ4n) is 3.96. The van der Waals surface area contributed by atoms with E-state index in [4.69, 9.17) is 10.5 Å². The van der Waals surface area contributed by atoms with E-state index >= 15 is 0 Å². The summed E-state index contributed by atoms with van der Waals surface area (Å²) < 4.78 is 7.32. The van der Waals surface area contributed by atoms with Crippen molar-refractivity contribution < 1.29 is 19.1 Å². The number of fused-ring (bicyclic) bond motifs is 1. The zero-order chi connectivity index (χ0) is 26.4. The first-order valence-electron chi connectivity index (χ1n) is 12.1. The van der Waals surface area contributed by atoms with Crippen molar-refractivity contribution in [2.24, 2.45) is 5.73 Å². The molecule has 10 heteroatoms. The van der Waals surface area contributed by atoms with Gasteiger partial charge in [-0.1, -0.05) is 48.5 Å². The lowest BCUT2D eigenvalue weighted by Crippen LogP contribution is -2.56. The molecule has 0 spiro atoms. The number of amides is 3. The molecule has 4 N–H and O–H groups in total. The number of nitrogens with one attached hydrogen (secondary N) is 2. The van der Waals surface area contributed by atoms with Crippen molar-refractivity contribution in [1.82, 2.24) is 14.9 Å². The van der Waals surface area contributed by atoms with Gasteiger partial charge in [0.15, 0.2) is 5.82 Å². The molecular weight excluding hydrogens is 472 g/mol. The van der Waals surface area contributed by atoms with Crippen LogP contribution >= 0.6 is 0 Å². The second kappa shape index (κ2) is 11.4. The van der Waals surface area contributed by atoms with Crippen LogP contribution in [0.2, 0.25) is 0 Å². The summed E-state index contributed by atoms with van der Waals surface area (Å²) in [6.07, 6.45) is 3.89. The lowest BCUT2D eigenvalue weighted by molar-refractivity contribution is -0.130. The summed E-state index contributed by atoms with van der Waals surface area (Å²) in [6.45, 7) is 4.05. The van der Waals surface area contributed by atoms with Crippen LogP contribution in [-0.4, -0.2) is 52.0 Å². The fourth-order valence-corrected chi connectivity index (χ4v) is 3.96. The largest absolute Gasteiger partial charge is 0.374 e. The first-order chi connectivity index (χ1) is 17.7. The molecule has 3 amide bonds. The van der Waals surface area contributed by atoms with Crippen molar-refractivity contribution in [3.05, 3.63) is 78.2 Å². The molecule has 0 saturated carbocycles. The molecule has 1 aliphatic rings. The standard InChI is InChI=1S/C27H32N6O4/c1-27(2,28)26(36)30-21(17-37-16-19-8-4-3-5-9-19)25(35)31-23-14-32(18-29-23)15-24(34)33-13-12-20-10-6-7-11-22(20)33/h3-11,14,18,21H,12-13,15-17,28H2,1-2H3,(H,30,36)(H,31,35). The van der Waals surface area contributed by atoms with Crippen LogP contribution in [0.4, 0.5) is 11.5 Å². The van der Waals surface area contributed by atoms with Gasteiger partial charge in [-0.25, -0.2) is 4.98 Å². The summed E-state index contributed by atoms with van der Waals surface area (Å²) in [4.78, 5) is 44.3. The maximum absolute atomic E-state index is 13.0. The molecule has 3 aromatic rings. The Morgan fingerprint density at radius 1 is 1.11 bits per heavy atom. The first kappa shape index (κ1) is 26.1. The van der Waals surface area contributed by atoms with Gasteiger partial charge in [-0.05, 0) is 37.5 Å². The minimum atomic E-state index is -1.17. The number of nitrogens with zero attached hydrogens (tertiary/aromatic N) is 3. The van der Waals surface area contributed by atoms with Gasteiger partial charge in [-0.2, -0.15) is 0 Å². The number of hydrogen-bond donors (Lipinski definition) is 3. The van der Waals surface area contributed by atoms with E-state index in [1.165, 1.54) is 6.33 Å². The van der Waals surface area contributed by atoms with Gasteiger partial charge in [0.2, 0.25) is 11.8 Å². The van der Waals surface area contributed by atoms with Gasteiger partial charge in [0.05, 0.1) is 25.1 Å². The number of imidazole rings is 1. The Labute approximate surface area is 215 Å². The van der Waals surface area contributed by atoms with E-state index in [-0.39, 0.29) is 31.5 Å². The normalized spacial score (nSPS) is 13.6. The molecule has 194 valence electrons. The lowest BCUT2D eigenvalue weighted by atomic mass is 10.1. The highest BCUT2D eigenvalue weighted by Crippen LogP contribution is 2.27. The Kier molecular flexibility index (Phi) is 8.00. The summed E-state index contributed by atoms with van der Waals surface area (Å²) in [6, 6.07) is 16.4. The molecule has 0 radical (unpaired) electrons. The van der Waals surface area contributed by atoms with E-state index in [9.17, 15) is 14.4 Å². The molecule has 0 saturated heterocycles. The van der Waals surface area contributed by atoms with Gasteiger partial charge >= 0.3 is 0 Å². The SMILES string of the molecule is CC(C)(N)C(=O)NC(COCc1ccccc1)C(=O)Nc1cn(CC(=O)N2CCc3ccccc32)cn1. The Hall–Kier alpha value is -4.02. The Morgan fingerprint density at radius 3 is 2.59 bits per heavy atom. The van der Waals surface area contributed by atoms with Crippen molar-refractivity contribution in [3.63, 3.8) is 0 Å². The summed E-state index contributed by atoms with van der Waals surface area (Å²) >= 11 is 0. The number of nitrogens with two attached hydrogens (primary N) is 1. The van der Waals surface area contributed by atoms with Gasteiger partial charge in [0.1, 0.15) is 12.6 Å². The molecule has 0 bridgehead atoms. The number of carbonyl (C=O) groups excluding carboxylic acids is 3. The lowest BCUT2D eigenvalue weighted by Gasteiger charge is -2.23. The van der Waals surface area contributed by atoms with Crippen LogP contribution in [0.15, 0.2) is 67.1 Å². The van der Waals surface area contributed by atoms with Gasteiger partial charge in [-0.15, -0.1) is 0 Å². The third-order valence-electron chi connectivity index (χ3n) is 5.99. The average molecular weight is 505 g/mol. The molecule has 10 nitrogen and oxygen atoms in total. The smallest absolute Gasteiger partial charge is 0.250 e. The molecule has 37 heavy (non-hydrogen) atoms. The zero-order valence-corrected chi connectivity index (χ0v) is 21.0. The number of carbonyl (C=O) groups is 3. The van der Waals surface area contributed by atoms with Crippen molar-refractivity contribution in [2.45, 2.75) is 45.0 Å². The molecule has 0 fully saturated rings. The van der Waals surface area contributed by atoms with E-state index in [2.05, 4.69) is 15.6 Å². The maximum Gasteiger partial charge on any atom is 0.250 e. The summed E-state index contributed by atoms with van der Waals surface area (Å²) in [5.41, 5.74) is 7.74. The van der Waals surface area contributed by atoms with Crippen molar-refractivity contribution in [1.29, 1.82) is 0 Å². The summed E-state index contributed by atoms with van der Waals surface area (Å²) in [7, 11) is 0. The van der Waals surface area contributed by atoms with Crippen LogP contribution in [0.25, 0.3) is 0 Å². The molecule has 2 aromatic carbocycles. The third kappa shape index (κ3) is 6.81. The number of ether oxygens (including phenoxy) is 1. The van der Waals surface area contributed by atoms with Crippen LogP contribution in [0.5, 0.6) is 0 Å². The van der Waals surface area contributed by atoms with E-state index in [1.54, 1.807) is 29.5 Å². The van der Waals surface area contributed by atoms with E-state index in [1.807, 2.05) is 54.6 Å². The highest BCUT2D eigenvalue weighted by atomic mass is 16.5. The predicted molar refractivity (Wildman–Crippen MR) is 140 cm³/mol. The van der Waals surface area contributed by atoms with Crippen molar-refractivity contribution in [2.75, 3.05) is 23.4 Å². The Morgan fingerprint density at radius 2 is 1.84 bits per heavy atom. The second-order valence-electron chi connectivity index (χ2n) is 9.59. The monoisotopic (exact) mass is 504 g/mol. The molecule has 0 aliphatic carbocycles. The number of para-hydroxylation sites is 1. The summed E-state index contributed by atoms with van der Waals surface area (Å²) in [5.74, 6) is -0.799. The van der Waals surface area contributed by atoms with Gasteiger partial charge < -0.3 is 30.6 Å². The zero-order valence-electron chi connectivity index (χ0n) is 21.0. The quantitative estimate of drug-likeness (QED) is 0.386. The van der Waals surface area contributed by atoms with Gasteiger partial charge in [0, 0.05) is 18.4 Å². The second-order valence-corrected chi connectivity index (χ2v) is 9.59. The minimum absolute atomic E-state index is 0.0594. The highest BCUT2D eigenvalue weighted by Gasteiger charge is 2.29. The molecule has 1 unspecified atom stereocenters. The predicted octanol–water partition coefficient (Wildman–Crippen LogP) is 1.85. The number of aromatic nitrogens is 2. The van der Waals surface area contributed by atoms with Crippen molar-refractivity contribution in [3.8, 4) is 0 Å². The fraction of sp³-hybridized carbons (Fsp3) is 0.333. The molecule has 4 rings (SSSR count). The van der Waals surface area contributed by atoms with E-state index < -0.39 is 23.4 Å². The van der Waals surface area contributed by atoms with Crippen molar-refractivity contribution >= 4 is 29.2 Å². The number of hydrogen-bond acceptors (Lipinski definition) is 6. The summed E-state index contributed by atoms with van der Waals surface area (Å²) in [5, 5.41) is 5.35. The molecular formula is C27H32N6O4. The van der Waals surface area contributed by atoms with E-state index in [0.29, 0.717) is 6.54 Å². The molecule has 2 heterocycles. The number of benzene rings is 2. The maximum atomic E-state index is 13.0. The Balaban J connectivity index is 1.36. The van der Waals surface area contributed by atoms with Gasteiger partial charge in [-0.3, -0.25) is 14.4 Å². The van der Waals surface area contributed by atoms with Crippen LogP contribution < -0.4 is 21.3 Å². The average Bonchev–Trinajstić information content (AvgIpc) is 3.50. The topological polar surface area (TPSA) is 132 Å². The van der Waals surface area contributed by atoms with Crippen LogP contribution in [0, 0.1) is 0 Å². The van der Waals surface area contributed by atoms with Crippen LogP contribution in [0.1, 0.15) is 25.0 Å². The minimum Gasteiger partial charge on any atom is -0.374 e. The van der Waals surface area contributed by atoms with Crippen LogP contribution in [-0.2, 0) is 38.7 Å². The number of anilines is 2. The number of rotatable bonds is 10. The van der Waals surface area contributed by atoms with Crippen LogP contribution in [0.3, 0.4) is 0 Å². The molecule has 1 aromatic heterocycles. The molecule has 1 aliphatic heterocycles. The first-order valence-corrected chi connectivity index (χ1v) is 12.1. The van der Waals surface area contributed by atoms with Gasteiger partial charge in [0.25, 0.3) is 5.91 Å². The van der Waals surface area contributed by atoms with E-state index in [0.717, 1.165) is 23.2 Å².